The highest BCUT2D eigenvalue weighted by Crippen LogP contribution is 2.10. The highest BCUT2D eigenvalue weighted by atomic mass is 32.2. The number of hydrogen-bond acceptors (Lipinski definition) is 5. The molecular formula is C11H23NO4S. The summed E-state index contributed by atoms with van der Waals surface area (Å²) in [6.45, 7) is 6.49. The molecule has 0 aromatic carbocycles. The number of nitrogens with one attached hydrogen (secondary N) is 1. The Hall–Kier alpha value is -0.620. The largest absolute Gasteiger partial charge is 0.468 e. The van der Waals surface area contributed by atoms with Crippen molar-refractivity contribution < 1.29 is 17.9 Å². The summed E-state index contributed by atoms with van der Waals surface area (Å²) in [4.78, 5) is 11.0. The second-order valence-electron chi connectivity index (χ2n) is 4.28. The number of carbonyl (C=O) groups is 1. The lowest BCUT2D eigenvalue weighted by molar-refractivity contribution is -0.137. The maximum atomic E-state index is 11.8. The van der Waals surface area contributed by atoms with E-state index in [1.807, 2.05) is 6.92 Å². The number of ether oxygens (including phenoxy) is 1. The van der Waals surface area contributed by atoms with Gasteiger partial charge in [0, 0.05) is 6.04 Å². The van der Waals surface area contributed by atoms with Crippen molar-refractivity contribution in [2.24, 2.45) is 0 Å². The number of esters is 1. The first kappa shape index (κ1) is 16.4. The van der Waals surface area contributed by atoms with Crippen molar-refractivity contribution in [1.29, 1.82) is 0 Å². The molecule has 0 radical (unpaired) electrons. The Labute approximate surface area is 104 Å². The molecular weight excluding hydrogens is 242 g/mol. The van der Waals surface area contributed by atoms with Crippen LogP contribution >= 0.6 is 0 Å². The summed E-state index contributed by atoms with van der Waals surface area (Å²) < 4.78 is 27.9. The fraction of sp³-hybridized carbons (Fsp3) is 0.909. The molecule has 2 atom stereocenters. The van der Waals surface area contributed by atoms with Gasteiger partial charge in [0.15, 0.2) is 9.84 Å². The molecule has 0 rings (SSSR count). The van der Waals surface area contributed by atoms with Crippen LogP contribution in [0.15, 0.2) is 0 Å². The molecule has 17 heavy (non-hydrogen) atoms. The summed E-state index contributed by atoms with van der Waals surface area (Å²) in [6, 6.07) is 0.123. The highest BCUT2D eigenvalue weighted by Gasteiger charge is 2.25. The van der Waals surface area contributed by atoms with Gasteiger partial charge in [-0.15, -0.1) is 0 Å². The van der Waals surface area contributed by atoms with Crippen LogP contribution in [0.5, 0.6) is 0 Å². The molecule has 6 heteroatoms. The fourth-order valence-corrected chi connectivity index (χ4v) is 2.80. The van der Waals surface area contributed by atoms with Crippen LogP contribution in [-0.2, 0) is 19.4 Å². The van der Waals surface area contributed by atoms with Gasteiger partial charge in [0.2, 0.25) is 0 Å². The molecule has 0 aliphatic rings. The molecule has 2 unspecified atom stereocenters. The van der Waals surface area contributed by atoms with Gasteiger partial charge in [0.05, 0.1) is 12.4 Å². The molecule has 102 valence electrons. The third-order valence-corrected chi connectivity index (χ3v) is 4.64. The molecule has 5 nitrogen and oxygen atoms in total. The Kier molecular flexibility index (Phi) is 7.38. The van der Waals surface area contributed by atoms with Gasteiger partial charge in [-0.2, -0.15) is 0 Å². The Morgan fingerprint density at radius 3 is 2.41 bits per heavy atom. The minimum absolute atomic E-state index is 0.123. The number of sulfone groups is 1. The monoisotopic (exact) mass is 265 g/mol. The molecule has 0 bridgehead atoms. The van der Waals surface area contributed by atoms with Gasteiger partial charge in [-0.1, -0.05) is 6.92 Å². The maximum absolute atomic E-state index is 11.8. The van der Waals surface area contributed by atoms with E-state index in [1.54, 1.807) is 6.92 Å². The maximum Gasteiger partial charge on any atom is 0.320 e. The Balaban J connectivity index is 4.28. The van der Waals surface area contributed by atoms with Crippen LogP contribution in [0.4, 0.5) is 0 Å². The van der Waals surface area contributed by atoms with Crippen molar-refractivity contribution >= 4 is 15.8 Å². The van der Waals surface area contributed by atoms with Crippen molar-refractivity contribution in [2.45, 2.75) is 44.9 Å². The van der Waals surface area contributed by atoms with Gasteiger partial charge in [0.1, 0.15) is 5.75 Å². The summed E-state index contributed by atoms with van der Waals surface area (Å²) in [5, 5.41) is 2.68. The fourth-order valence-electron chi connectivity index (χ4n) is 1.48. The predicted molar refractivity (Wildman–Crippen MR) is 67.6 cm³/mol. The third-order valence-electron chi connectivity index (χ3n) is 2.59. The molecule has 0 saturated carbocycles. The van der Waals surface area contributed by atoms with Gasteiger partial charge in [-0.25, -0.2) is 8.42 Å². The van der Waals surface area contributed by atoms with E-state index in [4.69, 9.17) is 0 Å². The Morgan fingerprint density at radius 2 is 1.94 bits per heavy atom. The molecule has 0 aliphatic heterocycles. The van der Waals surface area contributed by atoms with E-state index in [0.717, 1.165) is 13.0 Å². The minimum atomic E-state index is -3.41. The van der Waals surface area contributed by atoms with Crippen LogP contribution in [-0.4, -0.2) is 45.1 Å². The van der Waals surface area contributed by atoms with E-state index in [-0.39, 0.29) is 6.04 Å². The quantitative estimate of drug-likeness (QED) is 0.655. The summed E-state index contributed by atoms with van der Waals surface area (Å²) >= 11 is 0. The second-order valence-corrected chi connectivity index (χ2v) is 6.70. The molecule has 0 aliphatic carbocycles. The molecule has 0 aromatic rings. The van der Waals surface area contributed by atoms with E-state index in [0.29, 0.717) is 6.42 Å². The zero-order valence-electron chi connectivity index (χ0n) is 11.0. The van der Waals surface area contributed by atoms with Crippen LogP contribution in [0.1, 0.15) is 33.6 Å². The standard InChI is InChI=1S/C11H23NO4S/c1-5-6-12-9(2)7-10(3)17(14,15)8-11(13)16-4/h9-10,12H,5-8H2,1-4H3. The van der Waals surface area contributed by atoms with Crippen LogP contribution in [0.2, 0.25) is 0 Å². The van der Waals surface area contributed by atoms with Gasteiger partial charge in [-0.3, -0.25) is 4.79 Å². The molecule has 0 fully saturated rings. The first-order valence-electron chi connectivity index (χ1n) is 5.85. The first-order chi connectivity index (χ1) is 7.83. The van der Waals surface area contributed by atoms with Crippen molar-refractivity contribution in [3.05, 3.63) is 0 Å². The van der Waals surface area contributed by atoms with E-state index < -0.39 is 26.8 Å². The van der Waals surface area contributed by atoms with Crippen LogP contribution < -0.4 is 5.32 Å². The van der Waals surface area contributed by atoms with Crippen LogP contribution in [0, 0.1) is 0 Å². The summed E-state index contributed by atoms with van der Waals surface area (Å²) in [5.41, 5.74) is 0. The number of hydrogen-bond donors (Lipinski definition) is 1. The van der Waals surface area contributed by atoms with Gasteiger partial charge in [-0.05, 0) is 33.2 Å². The summed E-state index contributed by atoms with van der Waals surface area (Å²) in [7, 11) is -2.22. The SMILES string of the molecule is CCCNC(C)CC(C)S(=O)(=O)CC(=O)OC. The van der Waals surface area contributed by atoms with Crippen molar-refractivity contribution in [1.82, 2.24) is 5.32 Å². The first-order valence-corrected chi connectivity index (χ1v) is 7.56. The van der Waals surface area contributed by atoms with Gasteiger partial charge in [0.25, 0.3) is 0 Å². The molecule has 0 heterocycles. The van der Waals surface area contributed by atoms with Crippen molar-refractivity contribution in [3.8, 4) is 0 Å². The number of methoxy groups -OCH3 is 1. The van der Waals surface area contributed by atoms with E-state index in [1.165, 1.54) is 7.11 Å². The Bertz CT molecular complexity index is 326. The van der Waals surface area contributed by atoms with E-state index in [9.17, 15) is 13.2 Å². The summed E-state index contributed by atoms with van der Waals surface area (Å²) in [6.07, 6.45) is 1.51. The lowest BCUT2D eigenvalue weighted by Gasteiger charge is -2.18. The lowest BCUT2D eigenvalue weighted by atomic mass is 10.2. The third kappa shape index (κ3) is 6.63. The van der Waals surface area contributed by atoms with Gasteiger partial charge < -0.3 is 10.1 Å². The van der Waals surface area contributed by atoms with Crippen molar-refractivity contribution in [3.63, 3.8) is 0 Å². The lowest BCUT2D eigenvalue weighted by Crippen LogP contribution is -2.34. The zero-order valence-corrected chi connectivity index (χ0v) is 11.8. The topological polar surface area (TPSA) is 72.5 Å². The normalized spacial score (nSPS) is 15.3. The molecule has 0 aromatic heterocycles. The van der Waals surface area contributed by atoms with E-state index in [2.05, 4.69) is 17.0 Å². The number of carbonyl (C=O) groups excluding carboxylic acids is 1. The average Bonchev–Trinajstić information content (AvgIpc) is 2.25. The smallest absolute Gasteiger partial charge is 0.320 e. The van der Waals surface area contributed by atoms with Gasteiger partial charge >= 0.3 is 5.97 Å². The molecule has 0 amide bonds. The average molecular weight is 265 g/mol. The van der Waals surface area contributed by atoms with Crippen molar-refractivity contribution in [2.75, 3.05) is 19.4 Å². The minimum Gasteiger partial charge on any atom is -0.468 e. The molecule has 0 saturated heterocycles. The number of rotatable bonds is 8. The van der Waals surface area contributed by atoms with Crippen LogP contribution in [0.25, 0.3) is 0 Å². The van der Waals surface area contributed by atoms with Crippen LogP contribution in [0.3, 0.4) is 0 Å². The highest BCUT2D eigenvalue weighted by molar-refractivity contribution is 7.92. The molecule has 0 spiro atoms. The molecule has 1 N–H and O–H groups in total. The summed E-state index contributed by atoms with van der Waals surface area (Å²) in [5.74, 6) is -1.24. The Morgan fingerprint density at radius 1 is 1.35 bits per heavy atom. The second kappa shape index (κ2) is 7.66. The predicted octanol–water partition coefficient (Wildman–Crippen LogP) is 0.741. The zero-order chi connectivity index (χ0) is 13.5. The van der Waals surface area contributed by atoms with E-state index >= 15 is 0 Å².